The molecule has 0 aliphatic carbocycles. The molecule has 0 spiro atoms. The molecule has 0 saturated carbocycles. The van der Waals surface area contributed by atoms with Crippen LogP contribution in [-0.2, 0) is 6.54 Å². The Kier molecular flexibility index (Phi) is 4.11. The predicted molar refractivity (Wildman–Crippen MR) is 90.0 cm³/mol. The minimum absolute atomic E-state index is 0.133. The number of nitrogens with two attached hydrogens (primary N) is 2. The Balaban J connectivity index is 1.89. The van der Waals surface area contributed by atoms with E-state index in [9.17, 15) is 4.39 Å². The van der Waals surface area contributed by atoms with Crippen molar-refractivity contribution in [2.75, 3.05) is 5.43 Å². The SMILES string of the molecule is NCc1ccc(C2=NN=C(N)C2=NNc2ccccc2)cc1F. The predicted octanol–water partition coefficient (Wildman–Crippen LogP) is 1.83. The number of amidine groups is 1. The second-order valence-corrected chi connectivity index (χ2v) is 4.88. The van der Waals surface area contributed by atoms with E-state index < -0.39 is 5.82 Å². The molecule has 0 radical (unpaired) electrons. The van der Waals surface area contributed by atoms with Crippen molar-refractivity contribution in [3.63, 3.8) is 0 Å². The van der Waals surface area contributed by atoms with Gasteiger partial charge in [-0.15, -0.1) is 10.2 Å². The van der Waals surface area contributed by atoms with E-state index >= 15 is 0 Å². The molecular formula is C16H15FN6. The average Bonchev–Trinajstić information content (AvgIpc) is 2.94. The minimum atomic E-state index is -0.395. The number of hydrogen-bond donors (Lipinski definition) is 3. The first-order valence-electron chi connectivity index (χ1n) is 6.98. The number of anilines is 1. The van der Waals surface area contributed by atoms with E-state index in [1.807, 2.05) is 30.3 Å². The highest BCUT2D eigenvalue weighted by atomic mass is 19.1. The van der Waals surface area contributed by atoms with Crippen LogP contribution in [0.5, 0.6) is 0 Å². The van der Waals surface area contributed by atoms with Gasteiger partial charge in [-0.05, 0) is 18.2 Å². The standard InChI is InChI=1S/C16H15FN6/c17-13-8-10(6-7-11(13)9-18)14-15(16(19)23-21-14)22-20-12-4-2-1-3-5-12/h1-8,20H,9,18H2,(H2,19,22,23). The summed E-state index contributed by atoms with van der Waals surface area (Å²) in [5.74, 6) is -0.222. The molecule has 0 unspecified atom stereocenters. The highest BCUT2D eigenvalue weighted by Gasteiger charge is 2.22. The van der Waals surface area contributed by atoms with Crippen LogP contribution in [0.3, 0.4) is 0 Å². The number of halogens is 1. The number of rotatable bonds is 4. The molecule has 7 heteroatoms. The van der Waals surface area contributed by atoms with Crippen LogP contribution in [-0.4, -0.2) is 17.3 Å². The largest absolute Gasteiger partial charge is 0.380 e. The van der Waals surface area contributed by atoms with E-state index in [4.69, 9.17) is 11.5 Å². The van der Waals surface area contributed by atoms with Crippen molar-refractivity contribution in [2.45, 2.75) is 6.54 Å². The number of hydrazone groups is 1. The molecule has 3 rings (SSSR count). The van der Waals surface area contributed by atoms with Crippen molar-refractivity contribution >= 4 is 22.9 Å². The highest BCUT2D eigenvalue weighted by Crippen LogP contribution is 2.15. The quantitative estimate of drug-likeness (QED) is 0.751. The number of hydrogen-bond acceptors (Lipinski definition) is 6. The fraction of sp³-hybridized carbons (Fsp3) is 0.0625. The summed E-state index contributed by atoms with van der Waals surface area (Å²) >= 11 is 0. The van der Waals surface area contributed by atoms with Crippen molar-refractivity contribution in [2.24, 2.45) is 26.8 Å². The molecule has 0 atom stereocenters. The van der Waals surface area contributed by atoms with Crippen LogP contribution in [0.2, 0.25) is 0 Å². The lowest BCUT2D eigenvalue weighted by Crippen LogP contribution is -2.28. The molecule has 0 aromatic heterocycles. The number of nitrogens with one attached hydrogen (secondary N) is 1. The third-order valence-electron chi connectivity index (χ3n) is 3.34. The first kappa shape index (κ1) is 14.9. The summed E-state index contributed by atoms with van der Waals surface area (Å²) < 4.78 is 13.9. The van der Waals surface area contributed by atoms with Gasteiger partial charge in [0.1, 0.15) is 11.5 Å². The molecule has 1 aliphatic rings. The summed E-state index contributed by atoms with van der Waals surface area (Å²) in [6, 6.07) is 14.1. The zero-order valence-corrected chi connectivity index (χ0v) is 12.2. The first-order valence-corrected chi connectivity index (χ1v) is 6.98. The van der Waals surface area contributed by atoms with Crippen LogP contribution >= 0.6 is 0 Å². The summed E-state index contributed by atoms with van der Waals surface area (Å²) in [7, 11) is 0. The summed E-state index contributed by atoms with van der Waals surface area (Å²) in [4.78, 5) is 0. The number of para-hydroxylation sites is 1. The normalized spacial score (nSPS) is 15.5. The zero-order valence-electron chi connectivity index (χ0n) is 12.2. The Morgan fingerprint density at radius 3 is 2.57 bits per heavy atom. The summed E-state index contributed by atoms with van der Waals surface area (Å²) in [5.41, 5.74) is 16.7. The lowest BCUT2D eigenvalue weighted by Gasteiger charge is -2.07. The Hall–Kier alpha value is -3.06. The van der Waals surface area contributed by atoms with Crippen molar-refractivity contribution in [3.8, 4) is 0 Å². The van der Waals surface area contributed by atoms with Gasteiger partial charge in [-0.1, -0.05) is 30.3 Å². The van der Waals surface area contributed by atoms with Gasteiger partial charge in [-0.2, -0.15) is 5.10 Å². The average molecular weight is 310 g/mol. The van der Waals surface area contributed by atoms with E-state index in [0.29, 0.717) is 22.6 Å². The van der Waals surface area contributed by atoms with Gasteiger partial charge in [0.2, 0.25) is 0 Å². The van der Waals surface area contributed by atoms with Crippen LogP contribution in [0.25, 0.3) is 0 Å². The summed E-state index contributed by atoms with van der Waals surface area (Å²) in [5, 5.41) is 12.1. The maximum absolute atomic E-state index is 13.9. The number of nitrogens with zero attached hydrogens (tertiary/aromatic N) is 3. The van der Waals surface area contributed by atoms with Crippen LogP contribution < -0.4 is 16.9 Å². The summed E-state index contributed by atoms with van der Waals surface area (Å²) in [6.07, 6.45) is 0. The third-order valence-corrected chi connectivity index (χ3v) is 3.34. The molecule has 0 saturated heterocycles. The fourth-order valence-corrected chi connectivity index (χ4v) is 2.12. The second-order valence-electron chi connectivity index (χ2n) is 4.88. The lowest BCUT2D eigenvalue weighted by molar-refractivity contribution is 0.610. The van der Waals surface area contributed by atoms with Gasteiger partial charge in [0.25, 0.3) is 0 Å². The molecule has 23 heavy (non-hydrogen) atoms. The maximum atomic E-state index is 13.9. The Bertz CT molecular complexity index is 811. The van der Waals surface area contributed by atoms with E-state index in [2.05, 4.69) is 20.7 Å². The van der Waals surface area contributed by atoms with E-state index in [0.717, 1.165) is 5.69 Å². The topological polar surface area (TPSA) is 101 Å². The maximum Gasteiger partial charge on any atom is 0.176 e. The number of benzene rings is 2. The molecule has 1 heterocycles. The molecule has 0 bridgehead atoms. The molecule has 0 fully saturated rings. The van der Waals surface area contributed by atoms with Crippen LogP contribution in [0.4, 0.5) is 10.1 Å². The van der Waals surface area contributed by atoms with E-state index in [-0.39, 0.29) is 12.4 Å². The van der Waals surface area contributed by atoms with Gasteiger partial charge >= 0.3 is 0 Å². The van der Waals surface area contributed by atoms with Crippen molar-refractivity contribution in [1.29, 1.82) is 0 Å². The van der Waals surface area contributed by atoms with Gasteiger partial charge in [0, 0.05) is 17.7 Å². The molecule has 6 nitrogen and oxygen atoms in total. The second kappa shape index (κ2) is 6.37. The van der Waals surface area contributed by atoms with Crippen molar-refractivity contribution < 1.29 is 4.39 Å². The van der Waals surface area contributed by atoms with E-state index in [1.165, 1.54) is 6.07 Å². The Morgan fingerprint density at radius 2 is 1.87 bits per heavy atom. The van der Waals surface area contributed by atoms with Crippen LogP contribution in [0.15, 0.2) is 63.8 Å². The van der Waals surface area contributed by atoms with Crippen LogP contribution in [0, 0.1) is 5.82 Å². The minimum Gasteiger partial charge on any atom is -0.380 e. The smallest absolute Gasteiger partial charge is 0.176 e. The van der Waals surface area contributed by atoms with Gasteiger partial charge in [0.15, 0.2) is 11.5 Å². The van der Waals surface area contributed by atoms with Gasteiger partial charge in [0.05, 0.1) is 5.69 Å². The van der Waals surface area contributed by atoms with Gasteiger partial charge < -0.3 is 11.5 Å². The van der Waals surface area contributed by atoms with Gasteiger partial charge in [-0.25, -0.2) is 4.39 Å². The van der Waals surface area contributed by atoms with Crippen LogP contribution in [0.1, 0.15) is 11.1 Å². The Labute approximate surface area is 132 Å². The highest BCUT2D eigenvalue weighted by molar-refractivity contribution is 6.72. The van der Waals surface area contributed by atoms with E-state index in [1.54, 1.807) is 12.1 Å². The molecule has 5 N–H and O–H groups in total. The van der Waals surface area contributed by atoms with Crippen molar-refractivity contribution in [1.82, 2.24) is 0 Å². The zero-order chi connectivity index (χ0) is 16.2. The van der Waals surface area contributed by atoms with Crippen molar-refractivity contribution in [3.05, 3.63) is 65.5 Å². The molecule has 1 aliphatic heterocycles. The first-order chi connectivity index (χ1) is 11.2. The third kappa shape index (κ3) is 3.09. The Morgan fingerprint density at radius 1 is 1.09 bits per heavy atom. The van der Waals surface area contributed by atoms with Gasteiger partial charge in [-0.3, -0.25) is 5.43 Å². The molecule has 116 valence electrons. The molecule has 0 amide bonds. The fourth-order valence-electron chi connectivity index (χ4n) is 2.12. The molecule has 2 aromatic rings. The molecular weight excluding hydrogens is 295 g/mol. The summed E-state index contributed by atoms with van der Waals surface area (Å²) in [6.45, 7) is 0.133. The lowest BCUT2D eigenvalue weighted by atomic mass is 10.0. The monoisotopic (exact) mass is 310 g/mol. The molecule has 2 aromatic carbocycles.